The number of rotatable bonds is 10. The molecule has 0 aromatic heterocycles. The topological polar surface area (TPSA) is 105 Å². The summed E-state index contributed by atoms with van der Waals surface area (Å²) in [5, 5.41) is 13.3. The first-order valence-electron chi connectivity index (χ1n) is 10.6. The Kier molecular flexibility index (Phi) is 7.97. The number of carbonyl (C=O) groups is 3. The first kappa shape index (κ1) is 24.2. The van der Waals surface area contributed by atoms with Gasteiger partial charge in [0.1, 0.15) is 12.6 Å². The van der Waals surface area contributed by atoms with Crippen LogP contribution in [0.15, 0.2) is 48.5 Å². The van der Waals surface area contributed by atoms with E-state index < -0.39 is 36.9 Å². The molecule has 3 rings (SSSR count). The molecule has 0 saturated heterocycles. The quantitative estimate of drug-likeness (QED) is 0.501. The van der Waals surface area contributed by atoms with E-state index in [2.05, 4.69) is 5.32 Å². The largest absolute Gasteiger partial charge is 0.481 e. The SMILES string of the molecule is CC(CNC(=O)OCC1c2ccccc2-c2ccccc21)CC(=O)NC(CC(=O)O)C(F)F. The summed E-state index contributed by atoms with van der Waals surface area (Å²) in [7, 11) is 0. The van der Waals surface area contributed by atoms with Crippen molar-refractivity contribution in [1.29, 1.82) is 0 Å². The first-order chi connectivity index (χ1) is 15.8. The predicted octanol–water partition coefficient (Wildman–Crippen LogP) is 3.78. The summed E-state index contributed by atoms with van der Waals surface area (Å²) in [5.74, 6) is -2.57. The molecule has 0 saturated carbocycles. The highest BCUT2D eigenvalue weighted by molar-refractivity contribution is 5.79. The molecule has 2 atom stereocenters. The Bertz CT molecular complexity index is 968. The summed E-state index contributed by atoms with van der Waals surface area (Å²) < 4.78 is 31.1. The number of hydrogen-bond acceptors (Lipinski definition) is 4. The van der Waals surface area contributed by atoms with Crippen molar-refractivity contribution in [3.8, 4) is 11.1 Å². The zero-order valence-corrected chi connectivity index (χ0v) is 18.1. The lowest BCUT2D eigenvalue weighted by atomic mass is 9.98. The average Bonchev–Trinajstić information content (AvgIpc) is 3.09. The second kappa shape index (κ2) is 10.9. The van der Waals surface area contributed by atoms with Gasteiger partial charge in [-0.25, -0.2) is 13.6 Å². The van der Waals surface area contributed by atoms with E-state index in [9.17, 15) is 23.2 Å². The van der Waals surface area contributed by atoms with E-state index in [1.807, 2.05) is 53.8 Å². The normalized spacial score (nSPS) is 14.2. The Labute approximate surface area is 190 Å². The van der Waals surface area contributed by atoms with Crippen LogP contribution in [0.25, 0.3) is 11.1 Å². The standard InChI is InChI=1S/C24H26F2N2O5/c1-14(10-21(29)28-20(23(25)26)11-22(30)31)12-27-24(32)33-13-19-17-8-4-2-6-15(17)16-7-3-5-9-18(16)19/h2-9,14,19-20,23H,10-13H2,1H3,(H,27,32)(H,28,29)(H,30,31). The number of carboxylic acid groups (broad SMARTS) is 1. The third kappa shape index (κ3) is 6.27. The van der Waals surface area contributed by atoms with E-state index in [1.54, 1.807) is 6.92 Å². The molecular weight excluding hydrogens is 434 g/mol. The molecule has 0 radical (unpaired) electrons. The molecule has 0 spiro atoms. The van der Waals surface area contributed by atoms with Gasteiger partial charge < -0.3 is 20.5 Å². The fourth-order valence-electron chi connectivity index (χ4n) is 3.95. The fraction of sp³-hybridized carbons (Fsp3) is 0.375. The van der Waals surface area contributed by atoms with Crippen LogP contribution in [0.1, 0.15) is 36.8 Å². The number of carbonyl (C=O) groups excluding carboxylic acids is 2. The Hall–Kier alpha value is -3.49. The van der Waals surface area contributed by atoms with Crippen LogP contribution >= 0.6 is 0 Å². The zero-order chi connectivity index (χ0) is 24.0. The van der Waals surface area contributed by atoms with E-state index in [0.717, 1.165) is 22.3 Å². The van der Waals surface area contributed by atoms with Crippen LogP contribution in [0.2, 0.25) is 0 Å². The maximum absolute atomic E-state index is 12.9. The van der Waals surface area contributed by atoms with Gasteiger partial charge in [0.2, 0.25) is 5.91 Å². The number of fused-ring (bicyclic) bond motifs is 3. The summed E-state index contributed by atoms with van der Waals surface area (Å²) in [4.78, 5) is 34.8. The summed E-state index contributed by atoms with van der Waals surface area (Å²) in [6.45, 7) is 1.92. The highest BCUT2D eigenvalue weighted by Crippen LogP contribution is 2.44. The highest BCUT2D eigenvalue weighted by Gasteiger charge is 2.29. The van der Waals surface area contributed by atoms with Gasteiger partial charge in [0.15, 0.2) is 0 Å². The van der Waals surface area contributed by atoms with Crippen LogP contribution in [0.3, 0.4) is 0 Å². The second-order valence-corrected chi connectivity index (χ2v) is 8.12. The van der Waals surface area contributed by atoms with E-state index in [1.165, 1.54) is 0 Å². The van der Waals surface area contributed by atoms with Gasteiger partial charge >= 0.3 is 12.1 Å². The molecule has 2 aromatic carbocycles. The van der Waals surface area contributed by atoms with Crippen LogP contribution in [0.4, 0.5) is 13.6 Å². The zero-order valence-electron chi connectivity index (χ0n) is 18.1. The number of alkyl halides is 2. The second-order valence-electron chi connectivity index (χ2n) is 8.12. The van der Waals surface area contributed by atoms with E-state index in [0.29, 0.717) is 0 Å². The fourth-order valence-corrected chi connectivity index (χ4v) is 3.95. The van der Waals surface area contributed by atoms with Crippen molar-refractivity contribution in [3.63, 3.8) is 0 Å². The minimum absolute atomic E-state index is 0.0770. The molecule has 2 unspecified atom stereocenters. The van der Waals surface area contributed by atoms with E-state index >= 15 is 0 Å². The van der Waals surface area contributed by atoms with Crippen LogP contribution in [0, 0.1) is 5.92 Å². The van der Waals surface area contributed by atoms with Crippen molar-refractivity contribution in [3.05, 3.63) is 59.7 Å². The number of alkyl carbamates (subject to hydrolysis) is 1. The smallest absolute Gasteiger partial charge is 0.407 e. The van der Waals surface area contributed by atoms with E-state index in [4.69, 9.17) is 9.84 Å². The van der Waals surface area contributed by atoms with Crippen LogP contribution in [-0.4, -0.2) is 48.7 Å². The Morgan fingerprint density at radius 3 is 2.12 bits per heavy atom. The van der Waals surface area contributed by atoms with E-state index in [-0.39, 0.29) is 31.4 Å². The highest BCUT2D eigenvalue weighted by atomic mass is 19.3. The molecule has 1 aliphatic carbocycles. The summed E-state index contributed by atoms with van der Waals surface area (Å²) in [5.41, 5.74) is 4.41. The van der Waals surface area contributed by atoms with Crippen molar-refractivity contribution in [2.75, 3.05) is 13.2 Å². The first-order valence-corrected chi connectivity index (χ1v) is 10.6. The number of hydrogen-bond donors (Lipinski definition) is 3. The molecule has 0 heterocycles. The molecule has 3 N–H and O–H groups in total. The van der Waals surface area contributed by atoms with Crippen LogP contribution in [0.5, 0.6) is 0 Å². The van der Waals surface area contributed by atoms with Crippen LogP contribution < -0.4 is 10.6 Å². The van der Waals surface area contributed by atoms with Gasteiger partial charge in [0, 0.05) is 18.9 Å². The number of halogens is 2. The van der Waals surface area contributed by atoms with Gasteiger partial charge in [-0.3, -0.25) is 9.59 Å². The minimum Gasteiger partial charge on any atom is -0.481 e. The third-order valence-electron chi connectivity index (χ3n) is 5.52. The Morgan fingerprint density at radius 2 is 1.58 bits per heavy atom. The number of nitrogens with one attached hydrogen (secondary N) is 2. The number of benzene rings is 2. The molecule has 9 heteroatoms. The van der Waals surface area contributed by atoms with Crippen molar-refractivity contribution >= 4 is 18.0 Å². The molecule has 1 aliphatic rings. The molecule has 2 amide bonds. The summed E-state index contributed by atoms with van der Waals surface area (Å²) in [6.07, 6.45) is -4.64. The molecule has 0 bridgehead atoms. The number of amides is 2. The van der Waals surface area contributed by atoms with Gasteiger partial charge in [-0.15, -0.1) is 0 Å². The number of aliphatic carboxylic acids is 1. The summed E-state index contributed by atoms with van der Waals surface area (Å²) in [6, 6.07) is 14.2. The van der Waals surface area contributed by atoms with Crippen LogP contribution in [-0.2, 0) is 14.3 Å². The van der Waals surface area contributed by atoms with Crippen molar-refractivity contribution in [2.24, 2.45) is 5.92 Å². The third-order valence-corrected chi connectivity index (χ3v) is 5.52. The molecule has 7 nitrogen and oxygen atoms in total. The van der Waals surface area contributed by atoms with Gasteiger partial charge in [-0.1, -0.05) is 55.5 Å². The van der Waals surface area contributed by atoms with Gasteiger partial charge in [0.25, 0.3) is 6.43 Å². The lowest BCUT2D eigenvalue weighted by Gasteiger charge is -2.18. The monoisotopic (exact) mass is 460 g/mol. The molecule has 0 fully saturated rings. The van der Waals surface area contributed by atoms with Gasteiger partial charge in [0.05, 0.1) is 6.42 Å². The maximum atomic E-state index is 12.9. The molecule has 33 heavy (non-hydrogen) atoms. The Balaban J connectivity index is 1.46. The molecule has 2 aromatic rings. The van der Waals surface area contributed by atoms with Crippen molar-refractivity contribution < 1.29 is 33.0 Å². The van der Waals surface area contributed by atoms with Gasteiger partial charge in [-0.05, 0) is 28.2 Å². The number of carboxylic acids is 1. The number of ether oxygens (including phenoxy) is 1. The average molecular weight is 460 g/mol. The molecule has 176 valence electrons. The lowest BCUT2D eigenvalue weighted by Crippen LogP contribution is -2.42. The van der Waals surface area contributed by atoms with Crippen molar-refractivity contribution in [1.82, 2.24) is 10.6 Å². The maximum Gasteiger partial charge on any atom is 0.407 e. The van der Waals surface area contributed by atoms with Crippen molar-refractivity contribution in [2.45, 2.75) is 38.2 Å². The Morgan fingerprint density at radius 1 is 1.00 bits per heavy atom. The molecular formula is C24H26F2N2O5. The van der Waals surface area contributed by atoms with Gasteiger partial charge in [-0.2, -0.15) is 0 Å². The molecule has 0 aliphatic heterocycles. The lowest BCUT2D eigenvalue weighted by molar-refractivity contribution is -0.139. The predicted molar refractivity (Wildman–Crippen MR) is 117 cm³/mol. The minimum atomic E-state index is -2.99. The summed E-state index contributed by atoms with van der Waals surface area (Å²) >= 11 is 0.